The normalized spacial score (nSPS) is 33.7. The number of aliphatic hydroxyl groups is 1. The molecule has 2 heterocycles. The first kappa shape index (κ1) is 12.2. The maximum absolute atomic E-state index is 10.3. The van der Waals surface area contributed by atoms with Crippen LogP contribution >= 0.6 is 0 Å². The highest BCUT2D eigenvalue weighted by molar-refractivity contribution is 5.31. The molecule has 0 amide bonds. The molecule has 100 valence electrons. The molecule has 0 saturated carbocycles. The second-order valence-electron chi connectivity index (χ2n) is 5.77. The molecule has 1 saturated heterocycles. The van der Waals surface area contributed by atoms with Gasteiger partial charge in [-0.2, -0.15) is 0 Å². The molecule has 3 unspecified atom stereocenters. The smallest absolute Gasteiger partial charge is 0.119 e. The monoisotopic (exact) mass is 249 g/mol. The molecule has 0 bridgehead atoms. The number of hydrogen-bond acceptors (Lipinski definition) is 3. The summed E-state index contributed by atoms with van der Waals surface area (Å²) in [5.74, 6) is 1.19. The van der Waals surface area contributed by atoms with Crippen molar-refractivity contribution in [2.24, 2.45) is 5.92 Å². The molecule has 0 aromatic rings. The molecule has 3 rings (SSSR count). The van der Waals surface area contributed by atoms with E-state index in [4.69, 9.17) is 4.74 Å². The van der Waals surface area contributed by atoms with Crippen molar-refractivity contribution >= 4 is 0 Å². The van der Waals surface area contributed by atoms with E-state index in [0.717, 1.165) is 31.8 Å². The van der Waals surface area contributed by atoms with Gasteiger partial charge >= 0.3 is 0 Å². The lowest BCUT2D eigenvalue weighted by Crippen LogP contribution is -2.32. The third kappa shape index (κ3) is 2.62. The van der Waals surface area contributed by atoms with Crippen LogP contribution in [0.1, 0.15) is 32.6 Å². The van der Waals surface area contributed by atoms with Crippen LogP contribution < -0.4 is 0 Å². The van der Waals surface area contributed by atoms with Crippen LogP contribution in [0, 0.1) is 5.92 Å². The van der Waals surface area contributed by atoms with E-state index in [9.17, 15) is 5.11 Å². The summed E-state index contributed by atoms with van der Waals surface area (Å²) in [5.41, 5.74) is 1.36. The molecule has 3 heteroatoms. The minimum atomic E-state index is -0.288. The van der Waals surface area contributed by atoms with E-state index in [-0.39, 0.29) is 18.1 Å². The summed E-state index contributed by atoms with van der Waals surface area (Å²) in [5, 5.41) is 10.3. The highest BCUT2D eigenvalue weighted by Gasteiger charge is 2.34. The van der Waals surface area contributed by atoms with E-state index in [1.54, 1.807) is 0 Å². The predicted molar refractivity (Wildman–Crippen MR) is 71.1 cm³/mol. The van der Waals surface area contributed by atoms with Crippen molar-refractivity contribution in [1.82, 2.24) is 4.90 Å². The van der Waals surface area contributed by atoms with Crippen LogP contribution in [0.15, 0.2) is 23.5 Å². The Labute approximate surface area is 109 Å². The van der Waals surface area contributed by atoms with Crippen molar-refractivity contribution in [2.45, 2.75) is 44.8 Å². The third-order valence-corrected chi connectivity index (χ3v) is 4.24. The van der Waals surface area contributed by atoms with Gasteiger partial charge in [0.15, 0.2) is 0 Å². The average Bonchev–Trinajstić information content (AvgIpc) is 3.10. The van der Waals surface area contributed by atoms with Crippen LogP contribution in [-0.2, 0) is 4.74 Å². The van der Waals surface area contributed by atoms with Gasteiger partial charge in [-0.05, 0) is 44.3 Å². The van der Waals surface area contributed by atoms with Crippen LogP contribution in [-0.4, -0.2) is 41.8 Å². The molecule has 3 atom stereocenters. The fraction of sp³-hybridized carbons (Fsp3) is 0.733. The predicted octanol–water partition coefficient (Wildman–Crippen LogP) is 2.08. The quantitative estimate of drug-likeness (QED) is 0.774. The second-order valence-corrected chi connectivity index (χ2v) is 5.77. The first-order chi connectivity index (χ1) is 8.74. The van der Waals surface area contributed by atoms with Gasteiger partial charge in [-0.15, -0.1) is 0 Å². The van der Waals surface area contributed by atoms with Crippen molar-refractivity contribution in [3.63, 3.8) is 0 Å². The Bertz CT molecular complexity index is 371. The van der Waals surface area contributed by atoms with Gasteiger partial charge in [0.2, 0.25) is 0 Å². The summed E-state index contributed by atoms with van der Waals surface area (Å²) < 4.78 is 5.95. The fourth-order valence-electron chi connectivity index (χ4n) is 2.94. The van der Waals surface area contributed by atoms with Crippen LogP contribution in [0.3, 0.4) is 0 Å². The Kier molecular flexibility index (Phi) is 3.44. The number of hydrogen-bond donors (Lipinski definition) is 1. The van der Waals surface area contributed by atoms with Crippen LogP contribution in [0.2, 0.25) is 0 Å². The summed E-state index contributed by atoms with van der Waals surface area (Å²) in [6.45, 7) is 5.14. The topological polar surface area (TPSA) is 32.5 Å². The first-order valence-corrected chi connectivity index (χ1v) is 7.22. The van der Waals surface area contributed by atoms with Gasteiger partial charge in [0.25, 0.3) is 0 Å². The Morgan fingerprint density at radius 2 is 2.28 bits per heavy atom. The number of β-amino-alcohol motifs (C(OH)–C–C–N with tert-alkyl or cyclic N) is 1. The van der Waals surface area contributed by atoms with Crippen LogP contribution in [0.4, 0.5) is 0 Å². The average molecular weight is 249 g/mol. The molecule has 0 aromatic heterocycles. The molecule has 0 radical (unpaired) electrons. The van der Waals surface area contributed by atoms with E-state index in [1.807, 2.05) is 0 Å². The minimum Gasteiger partial charge on any atom is -0.490 e. The maximum Gasteiger partial charge on any atom is 0.119 e. The summed E-state index contributed by atoms with van der Waals surface area (Å²) >= 11 is 0. The van der Waals surface area contributed by atoms with E-state index < -0.39 is 0 Å². The summed E-state index contributed by atoms with van der Waals surface area (Å²) in [6.07, 6.45) is 9.16. The lowest BCUT2D eigenvalue weighted by Gasteiger charge is -2.21. The van der Waals surface area contributed by atoms with Gasteiger partial charge < -0.3 is 9.84 Å². The number of nitrogens with zero attached hydrogens (tertiary/aromatic N) is 1. The standard InChI is InChI=1S/C15H23NO2/c1-11-13(14(17)10-16-7-8-16)9-15(18-11)12-5-3-2-4-6-12/h5,9,11,13-14,17H,2-4,6-8,10H2,1H3. The molecule has 0 spiro atoms. The van der Waals surface area contributed by atoms with E-state index >= 15 is 0 Å². The Balaban J connectivity index is 1.67. The molecule has 18 heavy (non-hydrogen) atoms. The second kappa shape index (κ2) is 5.06. The lowest BCUT2D eigenvalue weighted by atomic mass is 9.94. The Hall–Kier alpha value is -0.800. The summed E-state index contributed by atoms with van der Waals surface area (Å²) in [4.78, 5) is 2.27. The zero-order valence-corrected chi connectivity index (χ0v) is 11.1. The van der Waals surface area contributed by atoms with E-state index in [1.165, 1.54) is 24.8 Å². The van der Waals surface area contributed by atoms with Crippen molar-refractivity contribution in [1.29, 1.82) is 0 Å². The highest BCUT2D eigenvalue weighted by atomic mass is 16.5. The lowest BCUT2D eigenvalue weighted by molar-refractivity contribution is 0.0450. The molecule has 3 nitrogen and oxygen atoms in total. The molecule has 1 aliphatic carbocycles. The molecule has 1 N–H and O–H groups in total. The zero-order chi connectivity index (χ0) is 12.5. The van der Waals surface area contributed by atoms with E-state index in [2.05, 4.69) is 24.0 Å². The zero-order valence-electron chi connectivity index (χ0n) is 11.1. The van der Waals surface area contributed by atoms with Gasteiger partial charge in [-0.3, -0.25) is 4.90 Å². The summed E-state index contributed by atoms with van der Waals surface area (Å²) in [7, 11) is 0. The highest BCUT2D eigenvalue weighted by Crippen LogP contribution is 2.34. The van der Waals surface area contributed by atoms with Gasteiger partial charge in [0.1, 0.15) is 11.9 Å². The van der Waals surface area contributed by atoms with E-state index in [0.29, 0.717) is 0 Å². The number of allylic oxidation sites excluding steroid dienone is 2. The van der Waals surface area contributed by atoms with Gasteiger partial charge in [0.05, 0.1) is 6.10 Å². The number of rotatable bonds is 4. The molecular weight excluding hydrogens is 226 g/mol. The van der Waals surface area contributed by atoms with Crippen molar-refractivity contribution in [3.8, 4) is 0 Å². The largest absolute Gasteiger partial charge is 0.490 e. The van der Waals surface area contributed by atoms with Crippen molar-refractivity contribution in [2.75, 3.05) is 19.6 Å². The molecular formula is C15H23NO2. The molecule has 2 aliphatic heterocycles. The third-order valence-electron chi connectivity index (χ3n) is 4.24. The first-order valence-electron chi connectivity index (χ1n) is 7.22. The Morgan fingerprint density at radius 3 is 2.94 bits per heavy atom. The van der Waals surface area contributed by atoms with Crippen LogP contribution in [0.25, 0.3) is 0 Å². The fourth-order valence-corrected chi connectivity index (χ4v) is 2.94. The van der Waals surface area contributed by atoms with Gasteiger partial charge in [-0.25, -0.2) is 0 Å². The molecule has 0 aromatic carbocycles. The van der Waals surface area contributed by atoms with Gasteiger partial charge in [0, 0.05) is 25.6 Å². The van der Waals surface area contributed by atoms with Gasteiger partial charge in [-0.1, -0.05) is 6.08 Å². The van der Waals surface area contributed by atoms with Crippen LogP contribution in [0.5, 0.6) is 0 Å². The van der Waals surface area contributed by atoms with Crippen molar-refractivity contribution < 1.29 is 9.84 Å². The number of aliphatic hydroxyl groups excluding tert-OH is 1. The number of ether oxygens (including phenoxy) is 1. The maximum atomic E-state index is 10.3. The minimum absolute atomic E-state index is 0.109. The summed E-state index contributed by atoms with van der Waals surface area (Å²) in [6, 6.07) is 0. The molecule has 1 fully saturated rings. The van der Waals surface area contributed by atoms with Crippen molar-refractivity contribution in [3.05, 3.63) is 23.5 Å². The molecule has 3 aliphatic rings. The Morgan fingerprint density at radius 1 is 1.44 bits per heavy atom. The SMILES string of the molecule is CC1OC(C2=CCCCC2)=CC1C(O)CN1CC1.